The predicted octanol–water partition coefficient (Wildman–Crippen LogP) is 2.74. The Bertz CT molecular complexity index is 849. The van der Waals surface area contributed by atoms with E-state index in [2.05, 4.69) is 23.0 Å². The summed E-state index contributed by atoms with van der Waals surface area (Å²) < 4.78 is 2.96. The monoisotopic (exact) mass is 328 g/mol. The largest absolute Gasteiger partial charge is 0.383 e. The molecule has 0 spiro atoms. The van der Waals surface area contributed by atoms with Crippen LogP contribution in [-0.2, 0) is 12.6 Å². The molecule has 120 valence electrons. The molecule has 4 rings (SSSR count). The SMILES string of the molecule is Cc1ccccc1[C@@]1(O)CCN(c2nc3c(s2)c(C)nn3C)C1. The van der Waals surface area contributed by atoms with Gasteiger partial charge in [-0.3, -0.25) is 0 Å². The molecule has 5 nitrogen and oxygen atoms in total. The van der Waals surface area contributed by atoms with Crippen LogP contribution in [0.15, 0.2) is 24.3 Å². The van der Waals surface area contributed by atoms with Crippen LogP contribution in [0.5, 0.6) is 0 Å². The van der Waals surface area contributed by atoms with E-state index in [4.69, 9.17) is 4.98 Å². The first-order chi connectivity index (χ1) is 11.0. The van der Waals surface area contributed by atoms with E-state index in [0.29, 0.717) is 6.54 Å². The van der Waals surface area contributed by atoms with Crippen molar-refractivity contribution in [3.05, 3.63) is 41.1 Å². The third-order valence-corrected chi connectivity index (χ3v) is 5.91. The second-order valence-corrected chi connectivity index (χ2v) is 7.35. The second kappa shape index (κ2) is 5.04. The zero-order valence-electron chi connectivity index (χ0n) is 13.6. The number of aryl methyl sites for hydroxylation is 3. The second-order valence-electron chi connectivity index (χ2n) is 6.38. The van der Waals surface area contributed by atoms with Gasteiger partial charge in [0.05, 0.1) is 16.9 Å². The van der Waals surface area contributed by atoms with Crippen LogP contribution in [0.4, 0.5) is 5.13 Å². The molecular formula is C17H20N4OS. The fraction of sp³-hybridized carbons (Fsp3) is 0.412. The number of thiazole rings is 1. The number of hydrogen-bond acceptors (Lipinski definition) is 5. The van der Waals surface area contributed by atoms with Crippen LogP contribution in [-0.4, -0.2) is 33.0 Å². The Kier molecular flexibility index (Phi) is 3.21. The van der Waals surface area contributed by atoms with E-state index < -0.39 is 5.60 Å². The van der Waals surface area contributed by atoms with Gasteiger partial charge in [0.25, 0.3) is 0 Å². The van der Waals surface area contributed by atoms with Crippen LogP contribution >= 0.6 is 11.3 Å². The van der Waals surface area contributed by atoms with Gasteiger partial charge in [-0.1, -0.05) is 35.6 Å². The topological polar surface area (TPSA) is 54.2 Å². The number of β-amino-alcohol motifs (C(OH)–C–C–N with tert-alkyl or cyclic N) is 1. The van der Waals surface area contributed by atoms with Crippen molar-refractivity contribution in [3.8, 4) is 0 Å². The lowest BCUT2D eigenvalue weighted by atomic mass is 9.90. The molecule has 1 saturated heterocycles. The van der Waals surface area contributed by atoms with Gasteiger partial charge in [-0.2, -0.15) is 5.10 Å². The number of benzene rings is 1. The normalized spacial score (nSPS) is 21.5. The van der Waals surface area contributed by atoms with Crippen molar-refractivity contribution in [2.75, 3.05) is 18.0 Å². The van der Waals surface area contributed by atoms with E-state index in [0.717, 1.165) is 45.3 Å². The number of fused-ring (bicyclic) bond motifs is 1. The van der Waals surface area contributed by atoms with Crippen molar-refractivity contribution in [1.82, 2.24) is 14.8 Å². The summed E-state index contributed by atoms with van der Waals surface area (Å²) in [6.07, 6.45) is 0.727. The molecule has 2 aromatic heterocycles. The van der Waals surface area contributed by atoms with Crippen LogP contribution in [0.3, 0.4) is 0 Å². The zero-order valence-corrected chi connectivity index (χ0v) is 14.4. The average molecular weight is 328 g/mol. The van der Waals surface area contributed by atoms with Gasteiger partial charge in [0.1, 0.15) is 5.60 Å². The van der Waals surface area contributed by atoms with E-state index >= 15 is 0 Å². The number of anilines is 1. The van der Waals surface area contributed by atoms with E-state index in [1.165, 1.54) is 0 Å². The van der Waals surface area contributed by atoms with Gasteiger partial charge in [-0.05, 0) is 31.4 Å². The summed E-state index contributed by atoms with van der Waals surface area (Å²) in [5.41, 5.74) is 3.31. The molecule has 1 fully saturated rings. The molecule has 1 N–H and O–H groups in total. The Morgan fingerprint density at radius 3 is 2.78 bits per heavy atom. The van der Waals surface area contributed by atoms with Crippen molar-refractivity contribution < 1.29 is 5.11 Å². The molecule has 6 heteroatoms. The van der Waals surface area contributed by atoms with Gasteiger partial charge in [-0.15, -0.1) is 0 Å². The van der Waals surface area contributed by atoms with Crippen molar-refractivity contribution in [1.29, 1.82) is 0 Å². The molecule has 0 aliphatic carbocycles. The van der Waals surface area contributed by atoms with Crippen LogP contribution in [0, 0.1) is 13.8 Å². The average Bonchev–Trinajstić information content (AvgIpc) is 3.17. The van der Waals surface area contributed by atoms with Gasteiger partial charge in [0.2, 0.25) is 0 Å². The lowest BCUT2D eigenvalue weighted by Gasteiger charge is -2.25. The molecule has 0 amide bonds. The smallest absolute Gasteiger partial charge is 0.188 e. The zero-order chi connectivity index (χ0) is 16.2. The summed E-state index contributed by atoms with van der Waals surface area (Å²) in [7, 11) is 1.92. The number of aromatic nitrogens is 3. The third kappa shape index (κ3) is 2.24. The van der Waals surface area contributed by atoms with Crippen molar-refractivity contribution >= 4 is 26.8 Å². The first-order valence-corrected chi connectivity index (χ1v) is 8.63. The maximum absolute atomic E-state index is 11.1. The number of rotatable bonds is 2. The maximum Gasteiger partial charge on any atom is 0.188 e. The lowest BCUT2D eigenvalue weighted by Crippen LogP contribution is -2.31. The van der Waals surface area contributed by atoms with Gasteiger partial charge in [0.15, 0.2) is 10.8 Å². The van der Waals surface area contributed by atoms with E-state index in [1.54, 1.807) is 11.3 Å². The van der Waals surface area contributed by atoms with Gasteiger partial charge in [-0.25, -0.2) is 9.67 Å². The third-order valence-electron chi connectivity index (χ3n) is 4.70. The number of aliphatic hydroxyl groups is 1. The molecule has 1 aliphatic heterocycles. The predicted molar refractivity (Wildman–Crippen MR) is 93.0 cm³/mol. The van der Waals surface area contributed by atoms with Crippen LogP contribution in [0.1, 0.15) is 23.2 Å². The summed E-state index contributed by atoms with van der Waals surface area (Å²) in [5.74, 6) is 0. The maximum atomic E-state index is 11.1. The molecule has 0 radical (unpaired) electrons. The molecule has 1 atom stereocenters. The summed E-state index contributed by atoms with van der Waals surface area (Å²) in [6, 6.07) is 8.10. The molecule has 3 aromatic rings. The van der Waals surface area contributed by atoms with E-state index in [-0.39, 0.29) is 0 Å². The minimum atomic E-state index is -0.795. The van der Waals surface area contributed by atoms with Crippen LogP contribution in [0.2, 0.25) is 0 Å². The van der Waals surface area contributed by atoms with Gasteiger partial charge >= 0.3 is 0 Å². The van der Waals surface area contributed by atoms with Crippen molar-refractivity contribution in [3.63, 3.8) is 0 Å². The highest BCUT2D eigenvalue weighted by Crippen LogP contribution is 2.39. The minimum Gasteiger partial charge on any atom is -0.383 e. The molecule has 0 saturated carbocycles. The summed E-state index contributed by atoms with van der Waals surface area (Å²) in [5, 5.41) is 16.5. The summed E-state index contributed by atoms with van der Waals surface area (Å²) in [6.45, 7) is 5.47. The Balaban J connectivity index is 1.67. The molecule has 0 bridgehead atoms. The van der Waals surface area contributed by atoms with Crippen LogP contribution < -0.4 is 4.90 Å². The molecule has 3 heterocycles. The van der Waals surface area contributed by atoms with Gasteiger partial charge < -0.3 is 10.0 Å². The fourth-order valence-electron chi connectivity index (χ4n) is 3.48. The molecule has 1 aromatic carbocycles. The lowest BCUT2D eigenvalue weighted by molar-refractivity contribution is 0.0600. The minimum absolute atomic E-state index is 0.587. The number of nitrogens with zero attached hydrogens (tertiary/aromatic N) is 4. The number of hydrogen-bond donors (Lipinski definition) is 1. The Morgan fingerprint density at radius 1 is 1.26 bits per heavy atom. The molecule has 23 heavy (non-hydrogen) atoms. The molecule has 0 unspecified atom stereocenters. The van der Waals surface area contributed by atoms with Crippen molar-refractivity contribution in [2.45, 2.75) is 25.9 Å². The molecular weight excluding hydrogens is 308 g/mol. The van der Waals surface area contributed by atoms with Crippen molar-refractivity contribution in [2.24, 2.45) is 7.05 Å². The highest BCUT2D eigenvalue weighted by molar-refractivity contribution is 7.22. The first-order valence-electron chi connectivity index (χ1n) is 7.81. The highest BCUT2D eigenvalue weighted by atomic mass is 32.1. The first kappa shape index (κ1) is 14.7. The Labute approximate surface area is 139 Å². The highest BCUT2D eigenvalue weighted by Gasteiger charge is 2.39. The van der Waals surface area contributed by atoms with E-state index in [9.17, 15) is 5.11 Å². The quantitative estimate of drug-likeness (QED) is 0.786. The standard InChI is InChI=1S/C17H20N4OS/c1-11-6-4-5-7-13(11)17(22)8-9-21(10-17)16-18-15-14(23-16)12(2)19-20(15)3/h4-7,22H,8-10H2,1-3H3/t17-/m1/s1. The molecule has 1 aliphatic rings. The van der Waals surface area contributed by atoms with Gasteiger partial charge in [0, 0.05) is 13.6 Å². The summed E-state index contributed by atoms with van der Waals surface area (Å²) >= 11 is 1.66. The Hall–Kier alpha value is -1.92. The fourth-order valence-corrected chi connectivity index (χ4v) is 4.54. The van der Waals surface area contributed by atoms with Crippen LogP contribution in [0.25, 0.3) is 10.3 Å². The van der Waals surface area contributed by atoms with E-state index in [1.807, 2.05) is 36.9 Å². The summed E-state index contributed by atoms with van der Waals surface area (Å²) in [4.78, 5) is 6.92. The Morgan fingerprint density at radius 2 is 2.04 bits per heavy atom.